The molecule has 0 unspecified atom stereocenters. The van der Waals surface area contributed by atoms with Crippen LogP contribution in [0, 0.1) is 27.7 Å². The number of sulfonamides is 1. The highest BCUT2D eigenvalue weighted by Crippen LogP contribution is 2.26. The van der Waals surface area contributed by atoms with Crippen molar-refractivity contribution in [3.05, 3.63) is 76.5 Å². The molecule has 0 aliphatic carbocycles. The number of hydrogen-bond acceptors (Lipinski definition) is 5. The highest BCUT2D eigenvalue weighted by atomic mass is 32.2. The molecule has 0 fully saturated rings. The number of carbonyl (C=O) groups excluding carboxylic acids is 1. The third-order valence-electron chi connectivity index (χ3n) is 5.18. The second-order valence-electron chi connectivity index (χ2n) is 8.26. The molecule has 1 amide bonds. The maximum absolute atomic E-state index is 12.9. The Balaban J connectivity index is 1.66. The van der Waals surface area contributed by atoms with Gasteiger partial charge in [0.05, 0.1) is 17.5 Å². The number of hydrogen-bond donors (Lipinski definition) is 2. The molecule has 8 nitrogen and oxygen atoms in total. The molecule has 4 aromatic rings. The smallest absolute Gasteiger partial charge is 0.256 e. The molecule has 0 saturated carbocycles. The average molecular weight is 464 g/mol. The van der Waals surface area contributed by atoms with Gasteiger partial charge < -0.3 is 5.32 Å². The predicted octanol–water partition coefficient (Wildman–Crippen LogP) is 4.28. The van der Waals surface area contributed by atoms with Crippen molar-refractivity contribution in [1.82, 2.24) is 14.8 Å². The Labute approximate surface area is 192 Å². The van der Waals surface area contributed by atoms with Crippen LogP contribution in [0.25, 0.3) is 16.7 Å². The molecular formula is C24H25N5O3S. The second kappa shape index (κ2) is 8.32. The Morgan fingerprint density at radius 1 is 0.939 bits per heavy atom. The Bertz CT molecular complexity index is 1490. The predicted molar refractivity (Wildman–Crippen MR) is 131 cm³/mol. The number of carbonyl (C=O) groups is 1. The largest absolute Gasteiger partial charge is 0.306 e. The van der Waals surface area contributed by atoms with E-state index in [1.807, 2.05) is 26.8 Å². The van der Waals surface area contributed by atoms with Gasteiger partial charge in [-0.15, -0.1) is 0 Å². The van der Waals surface area contributed by atoms with Crippen molar-refractivity contribution in [2.45, 2.75) is 27.7 Å². The van der Waals surface area contributed by atoms with Crippen LogP contribution in [0.5, 0.6) is 0 Å². The van der Waals surface area contributed by atoms with Gasteiger partial charge in [-0.05, 0) is 75.2 Å². The first-order valence-electron chi connectivity index (χ1n) is 10.3. The van der Waals surface area contributed by atoms with Crippen LogP contribution >= 0.6 is 0 Å². The fourth-order valence-electron chi connectivity index (χ4n) is 3.79. The van der Waals surface area contributed by atoms with E-state index in [2.05, 4.69) is 34.2 Å². The zero-order chi connectivity index (χ0) is 23.9. The molecule has 0 radical (unpaired) electrons. The summed E-state index contributed by atoms with van der Waals surface area (Å²) in [5, 5.41) is 8.52. The van der Waals surface area contributed by atoms with E-state index < -0.39 is 10.0 Å². The van der Waals surface area contributed by atoms with Gasteiger partial charge in [0.1, 0.15) is 5.82 Å². The fraction of sp³-hybridized carbons (Fsp3) is 0.208. The normalized spacial score (nSPS) is 11.5. The summed E-state index contributed by atoms with van der Waals surface area (Å²) in [6.07, 6.45) is 1.07. The van der Waals surface area contributed by atoms with Crippen LogP contribution in [0.15, 0.2) is 48.5 Å². The Morgan fingerprint density at radius 2 is 1.64 bits per heavy atom. The van der Waals surface area contributed by atoms with Crippen molar-refractivity contribution in [3.8, 4) is 5.82 Å². The molecule has 0 bridgehead atoms. The highest BCUT2D eigenvalue weighted by molar-refractivity contribution is 7.92. The summed E-state index contributed by atoms with van der Waals surface area (Å²) in [6, 6.07) is 14.1. The maximum Gasteiger partial charge on any atom is 0.256 e. The van der Waals surface area contributed by atoms with E-state index in [0.29, 0.717) is 22.9 Å². The van der Waals surface area contributed by atoms with E-state index in [9.17, 15) is 13.2 Å². The van der Waals surface area contributed by atoms with Crippen LogP contribution in [0.2, 0.25) is 0 Å². The molecule has 4 rings (SSSR count). The quantitative estimate of drug-likeness (QED) is 0.460. The molecule has 0 spiro atoms. The zero-order valence-corrected chi connectivity index (χ0v) is 19.9. The lowest BCUT2D eigenvalue weighted by molar-refractivity contribution is 0.102. The number of anilines is 2. The standard InChI is InChI=1S/C24H25N5O3S/c1-14-10-16(3)23-20(11-14)15(2)12-21(25-23)29-22(13-17(4)27-29)26-24(30)18-6-8-19(9-7-18)28-33(5,31)32/h6-13,28H,1-5H3,(H,26,30). The van der Waals surface area contributed by atoms with Crippen molar-refractivity contribution < 1.29 is 13.2 Å². The van der Waals surface area contributed by atoms with Gasteiger partial charge in [-0.25, -0.2) is 13.4 Å². The molecule has 2 aromatic carbocycles. The molecule has 0 atom stereocenters. The molecule has 0 saturated heterocycles. The van der Waals surface area contributed by atoms with E-state index >= 15 is 0 Å². The summed E-state index contributed by atoms with van der Waals surface area (Å²) >= 11 is 0. The molecule has 2 N–H and O–H groups in total. The molecular weight excluding hydrogens is 438 g/mol. The van der Waals surface area contributed by atoms with Gasteiger partial charge in [0, 0.05) is 22.7 Å². The average Bonchev–Trinajstić information content (AvgIpc) is 3.08. The van der Waals surface area contributed by atoms with Crippen LogP contribution < -0.4 is 10.0 Å². The van der Waals surface area contributed by atoms with Gasteiger partial charge in [0.25, 0.3) is 5.91 Å². The zero-order valence-electron chi connectivity index (χ0n) is 19.1. The van der Waals surface area contributed by atoms with Crippen molar-refractivity contribution in [2.75, 3.05) is 16.3 Å². The van der Waals surface area contributed by atoms with Crippen LogP contribution in [0.1, 0.15) is 32.7 Å². The number of pyridine rings is 1. The first kappa shape index (κ1) is 22.5. The minimum Gasteiger partial charge on any atom is -0.306 e. The van der Waals surface area contributed by atoms with E-state index in [-0.39, 0.29) is 5.91 Å². The van der Waals surface area contributed by atoms with Crippen molar-refractivity contribution in [1.29, 1.82) is 0 Å². The Hall–Kier alpha value is -3.72. The lowest BCUT2D eigenvalue weighted by atomic mass is 10.0. The van der Waals surface area contributed by atoms with Crippen LogP contribution in [0.3, 0.4) is 0 Å². The topological polar surface area (TPSA) is 106 Å². The van der Waals surface area contributed by atoms with Crippen molar-refractivity contribution >= 4 is 38.3 Å². The van der Waals surface area contributed by atoms with E-state index in [1.54, 1.807) is 22.9 Å². The number of aryl methyl sites for hydroxylation is 4. The lowest BCUT2D eigenvalue weighted by Crippen LogP contribution is -2.16. The van der Waals surface area contributed by atoms with E-state index in [0.717, 1.165) is 34.0 Å². The monoisotopic (exact) mass is 463 g/mol. The molecule has 2 aromatic heterocycles. The summed E-state index contributed by atoms with van der Waals surface area (Å²) in [4.78, 5) is 17.7. The first-order valence-corrected chi connectivity index (χ1v) is 12.2. The van der Waals surface area contributed by atoms with E-state index in [1.165, 1.54) is 17.7 Å². The lowest BCUT2D eigenvalue weighted by Gasteiger charge is -2.12. The number of amides is 1. The Morgan fingerprint density at radius 3 is 2.30 bits per heavy atom. The maximum atomic E-state index is 12.9. The van der Waals surface area contributed by atoms with Gasteiger partial charge in [-0.3, -0.25) is 9.52 Å². The fourth-order valence-corrected chi connectivity index (χ4v) is 4.36. The summed E-state index contributed by atoms with van der Waals surface area (Å²) in [5.41, 5.74) is 5.73. The minimum absolute atomic E-state index is 0.341. The number of aromatic nitrogens is 3. The van der Waals surface area contributed by atoms with Crippen molar-refractivity contribution in [3.63, 3.8) is 0 Å². The van der Waals surface area contributed by atoms with Gasteiger partial charge in [0.15, 0.2) is 5.82 Å². The molecule has 0 aliphatic rings. The minimum atomic E-state index is -3.39. The van der Waals surface area contributed by atoms with Crippen LogP contribution in [0.4, 0.5) is 11.5 Å². The van der Waals surface area contributed by atoms with Crippen LogP contribution in [-0.4, -0.2) is 35.3 Å². The number of nitrogens with zero attached hydrogens (tertiary/aromatic N) is 3. The van der Waals surface area contributed by atoms with Gasteiger partial charge in [0.2, 0.25) is 10.0 Å². The molecule has 33 heavy (non-hydrogen) atoms. The third kappa shape index (κ3) is 4.88. The van der Waals surface area contributed by atoms with Crippen LogP contribution in [-0.2, 0) is 10.0 Å². The first-order chi connectivity index (χ1) is 15.5. The highest BCUT2D eigenvalue weighted by Gasteiger charge is 2.15. The van der Waals surface area contributed by atoms with Gasteiger partial charge in [-0.2, -0.15) is 9.78 Å². The molecule has 9 heteroatoms. The number of nitrogens with one attached hydrogen (secondary N) is 2. The number of fused-ring (bicyclic) bond motifs is 1. The Kier molecular flexibility index (Phi) is 5.67. The molecule has 170 valence electrons. The SMILES string of the molecule is Cc1cc(C)c2nc(-n3nc(C)cc3NC(=O)c3ccc(NS(C)(=O)=O)cc3)cc(C)c2c1. The second-order valence-corrected chi connectivity index (χ2v) is 10.0. The summed E-state index contributed by atoms with van der Waals surface area (Å²) < 4.78 is 26.7. The molecule has 2 heterocycles. The van der Waals surface area contributed by atoms with Gasteiger partial charge >= 0.3 is 0 Å². The van der Waals surface area contributed by atoms with Crippen molar-refractivity contribution in [2.24, 2.45) is 0 Å². The number of rotatable bonds is 5. The molecule has 0 aliphatic heterocycles. The third-order valence-corrected chi connectivity index (χ3v) is 5.79. The summed E-state index contributed by atoms with van der Waals surface area (Å²) in [5.74, 6) is 0.765. The van der Waals surface area contributed by atoms with Gasteiger partial charge in [-0.1, -0.05) is 11.6 Å². The van der Waals surface area contributed by atoms with E-state index in [4.69, 9.17) is 4.98 Å². The number of benzene rings is 2. The summed E-state index contributed by atoms with van der Waals surface area (Å²) in [6.45, 7) is 7.98. The summed E-state index contributed by atoms with van der Waals surface area (Å²) in [7, 11) is -3.39.